The summed E-state index contributed by atoms with van der Waals surface area (Å²) >= 11 is 9.56. The van der Waals surface area contributed by atoms with Gasteiger partial charge in [0, 0.05) is 22.3 Å². The first-order valence-corrected chi connectivity index (χ1v) is 11.7. The topological polar surface area (TPSA) is 90.6 Å². The molecule has 3 aromatic rings. The summed E-state index contributed by atoms with van der Waals surface area (Å²) in [5.74, 6) is 0.451. The number of anilines is 1. The first kappa shape index (κ1) is 23.3. The smallest absolute Gasteiger partial charge is 0.238 e. The highest BCUT2D eigenvalue weighted by molar-refractivity contribution is 9.10. The number of sulfonamides is 1. The number of methoxy groups -OCH3 is 1. The first-order valence-electron chi connectivity index (χ1n) is 8.98. The van der Waals surface area contributed by atoms with Crippen LogP contribution in [0.3, 0.4) is 0 Å². The third-order valence-electron chi connectivity index (χ3n) is 4.43. The zero-order chi connectivity index (χ0) is 22.6. The monoisotopic (exact) mass is 528 g/mol. The lowest BCUT2D eigenvalue weighted by Gasteiger charge is -2.15. The number of benzene rings is 3. The number of rotatable bonds is 8. The Kier molecular flexibility index (Phi) is 7.42. The SMILES string of the molecule is COc1cc(CNc2ccc(S(N)(=O)=O)cc2)c(Br)cc1OCc1c(F)cccc1Cl. The van der Waals surface area contributed by atoms with E-state index in [1.807, 2.05) is 0 Å². The molecule has 6 nitrogen and oxygen atoms in total. The molecule has 0 radical (unpaired) electrons. The maximum Gasteiger partial charge on any atom is 0.238 e. The predicted octanol–water partition coefficient (Wildman–Crippen LogP) is 5.09. The van der Waals surface area contributed by atoms with Crippen LogP contribution in [0.25, 0.3) is 0 Å². The standard InChI is InChI=1S/C21H19BrClFN2O4S/c1-29-20-9-13(11-26-14-5-7-15(8-6-14)31(25,27)28)17(22)10-21(20)30-12-16-18(23)3-2-4-19(16)24/h2-10,26H,11-12H2,1H3,(H2,25,27,28). The van der Waals surface area contributed by atoms with Crippen molar-refractivity contribution in [3.05, 3.63) is 81.0 Å². The second kappa shape index (κ2) is 9.86. The van der Waals surface area contributed by atoms with Crippen LogP contribution in [-0.4, -0.2) is 15.5 Å². The van der Waals surface area contributed by atoms with Crippen LogP contribution < -0.4 is 19.9 Å². The van der Waals surface area contributed by atoms with Crippen LogP contribution in [0.1, 0.15) is 11.1 Å². The Hall–Kier alpha value is -2.33. The summed E-state index contributed by atoms with van der Waals surface area (Å²) in [6.45, 7) is 0.368. The summed E-state index contributed by atoms with van der Waals surface area (Å²) in [5.41, 5.74) is 1.84. The zero-order valence-corrected chi connectivity index (χ0v) is 19.5. The van der Waals surface area contributed by atoms with E-state index in [2.05, 4.69) is 21.2 Å². The molecule has 0 bridgehead atoms. The zero-order valence-electron chi connectivity index (χ0n) is 16.4. The predicted molar refractivity (Wildman–Crippen MR) is 122 cm³/mol. The summed E-state index contributed by atoms with van der Waals surface area (Å²) in [5, 5.41) is 8.59. The minimum absolute atomic E-state index is 0.0392. The molecule has 0 spiro atoms. The lowest BCUT2D eigenvalue weighted by Crippen LogP contribution is -2.12. The average Bonchev–Trinajstić information content (AvgIpc) is 2.72. The molecule has 0 aliphatic carbocycles. The largest absolute Gasteiger partial charge is 0.493 e. The van der Waals surface area contributed by atoms with Crippen LogP contribution in [0.15, 0.2) is 64.0 Å². The molecule has 3 rings (SSSR count). The van der Waals surface area contributed by atoms with Gasteiger partial charge in [-0.25, -0.2) is 17.9 Å². The van der Waals surface area contributed by atoms with Gasteiger partial charge in [-0.2, -0.15) is 0 Å². The quantitative estimate of drug-likeness (QED) is 0.424. The maximum absolute atomic E-state index is 14.0. The van der Waals surface area contributed by atoms with Gasteiger partial charge in [0.05, 0.1) is 17.0 Å². The second-order valence-corrected chi connectivity index (χ2v) is 9.33. The van der Waals surface area contributed by atoms with Crippen LogP contribution in [-0.2, 0) is 23.2 Å². The highest BCUT2D eigenvalue weighted by atomic mass is 79.9. The van der Waals surface area contributed by atoms with Crippen molar-refractivity contribution in [2.45, 2.75) is 18.0 Å². The van der Waals surface area contributed by atoms with Gasteiger partial charge in [-0.1, -0.05) is 33.6 Å². The van der Waals surface area contributed by atoms with Crippen molar-refractivity contribution >= 4 is 43.2 Å². The summed E-state index contributed by atoms with van der Waals surface area (Å²) in [6.07, 6.45) is 0. The van der Waals surface area contributed by atoms with Gasteiger partial charge in [0.25, 0.3) is 0 Å². The molecule has 0 saturated carbocycles. The summed E-state index contributed by atoms with van der Waals surface area (Å²) in [6, 6.07) is 14.1. The van der Waals surface area contributed by atoms with Gasteiger partial charge >= 0.3 is 0 Å². The van der Waals surface area contributed by atoms with E-state index in [4.69, 9.17) is 26.2 Å². The number of primary sulfonamides is 1. The Morgan fingerprint density at radius 3 is 2.45 bits per heavy atom. The van der Waals surface area contributed by atoms with Crippen molar-refractivity contribution in [2.24, 2.45) is 5.14 Å². The normalized spacial score (nSPS) is 11.3. The molecule has 3 N–H and O–H groups in total. The van der Waals surface area contributed by atoms with E-state index in [0.717, 1.165) is 10.0 Å². The Morgan fingerprint density at radius 1 is 1.13 bits per heavy atom. The molecule has 0 unspecified atom stereocenters. The van der Waals surface area contributed by atoms with E-state index < -0.39 is 15.8 Å². The molecule has 0 amide bonds. The third kappa shape index (κ3) is 5.88. The van der Waals surface area contributed by atoms with Crippen molar-refractivity contribution in [2.75, 3.05) is 12.4 Å². The van der Waals surface area contributed by atoms with Gasteiger partial charge < -0.3 is 14.8 Å². The molecule has 0 fully saturated rings. The van der Waals surface area contributed by atoms with Gasteiger partial charge in [0.15, 0.2) is 11.5 Å². The summed E-state index contributed by atoms with van der Waals surface area (Å²) < 4.78 is 48.6. The fourth-order valence-corrected chi connectivity index (χ4v) is 3.96. The van der Waals surface area contributed by atoms with Crippen LogP contribution in [0, 0.1) is 5.82 Å². The molecule has 3 aromatic carbocycles. The Bertz CT molecular complexity index is 1170. The van der Waals surface area contributed by atoms with Crippen LogP contribution in [0.5, 0.6) is 11.5 Å². The van der Waals surface area contributed by atoms with E-state index in [1.165, 1.54) is 31.4 Å². The van der Waals surface area contributed by atoms with Crippen molar-refractivity contribution in [3.8, 4) is 11.5 Å². The third-order valence-corrected chi connectivity index (χ3v) is 6.45. The van der Waals surface area contributed by atoms with Crippen molar-refractivity contribution in [1.82, 2.24) is 0 Å². The van der Waals surface area contributed by atoms with Crippen molar-refractivity contribution < 1.29 is 22.3 Å². The van der Waals surface area contributed by atoms with E-state index >= 15 is 0 Å². The second-order valence-electron chi connectivity index (χ2n) is 6.51. The highest BCUT2D eigenvalue weighted by Gasteiger charge is 2.14. The summed E-state index contributed by atoms with van der Waals surface area (Å²) in [4.78, 5) is 0.0392. The molecule has 0 aromatic heterocycles. The van der Waals surface area contributed by atoms with E-state index in [0.29, 0.717) is 23.7 Å². The van der Waals surface area contributed by atoms with Gasteiger partial charge in [-0.15, -0.1) is 0 Å². The number of nitrogens with one attached hydrogen (secondary N) is 1. The minimum Gasteiger partial charge on any atom is -0.493 e. The molecule has 164 valence electrons. The maximum atomic E-state index is 14.0. The Morgan fingerprint density at radius 2 is 1.84 bits per heavy atom. The average molecular weight is 530 g/mol. The van der Waals surface area contributed by atoms with Crippen molar-refractivity contribution in [1.29, 1.82) is 0 Å². The Labute approximate surface area is 193 Å². The minimum atomic E-state index is -3.74. The molecular formula is C21H19BrClFN2O4S. The lowest BCUT2D eigenvalue weighted by atomic mass is 10.2. The van der Waals surface area contributed by atoms with Gasteiger partial charge in [-0.05, 0) is 54.1 Å². The number of hydrogen-bond acceptors (Lipinski definition) is 5. The van der Waals surface area contributed by atoms with Crippen LogP contribution >= 0.6 is 27.5 Å². The van der Waals surface area contributed by atoms with Crippen LogP contribution in [0.2, 0.25) is 5.02 Å². The van der Waals surface area contributed by atoms with Gasteiger partial charge in [-0.3, -0.25) is 0 Å². The van der Waals surface area contributed by atoms with E-state index in [1.54, 1.807) is 30.3 Å². The number of halogens is 3. The highest BCUT2D eigenvalue weighted by Crippen LogP contribution is 2.35. The fraction of sp³-hybridized carbons (Fsp3) is 0.143. The molecule has 0 aliphatic heterocycles. The number of ether oxygens (including phenoxy) is 2. The molecular weight excluding hydrogens is 511 g/mol. The fourth-order valence-electron chi connectivity index (χ4n) is 2.76. The van der Waals surface area contributed by atoms with E-state index in [-0.39, 0.29) is 22.1 Å². The lowest BCUT2D eigenvalue weighted by molar-refractivity contribution is 0.279. The molecule has 10 heteroatoms. The molecule has 0 heterocycles. The van der Waals surface area contributed by atoms with Gasteiger partial charge in [0.1, 0.15) is 12.4 Å². The molecule has 0 atom stereocenters. The molecule has 31 heavy (non-hydrogen) atoms. The molecule has 0 saturated heterocycles. The van der Waals surface area contributed by atoms with Crippen molar-refractivity contribution in [3.63, 3.8) is 0 Å². The van der Waals surface area contributed by atoms with Gasteiger partial charge in [0.2, 0.25) is 10.0 Å². The summed E-state index contributed by atoms with van der Waals surface area (Å²) in [7, 11) is -2.23. The Balaban J connectivity index is 1.73. The van der Waals surface area contributed by atoms with E-state index in [9.17, 15) is 12.8 Å². The van der Waals surface area contributed by atoms with Crippen LogP contribution in [0.4, 0.5) is 10.1 Å². The number of hydrogen-bond donors (Lipinski definition) is 2. The number of nitrogens with two attached hydrogens (primary N) is 1. The first-order chi connectivity index (χ1) is 14.7. The molecule has 0 aliphatic rings.